The fourth-order valence-corrected chi connectivity index (χ4v) is 5.00. The van der Waals surface area contributed by atoms with Crippen molar-refractivity contribution < 1.29 is 27.9 Å². The lowest BCUT2D eigenvalue weighted by atomic mass is 9.78. The maximum Gasteiger partial charge on any atom is 0.416 e. The lowest BCUT2D eigenvalue weighted by Crippen LogP contribution is -2.46. The zero-order valence-corrected chi connectivity index (χ0v) is 20.7. The summed E-state index contributed by atoms with van der Waals surface area (Å²) < 4.78 is 39.0. The molecule has 37 heavy (non-hydrogen) atoms. The van der Waals surface area contributed by atoms with Crippen LogP contribution in [0.2, 0.25) is 0 Å². The molecule has 6 nitrogen and oxygen atoms in total. The number of dihydropyridines is 1. The number of nitrogens with one attached hydrogen (secondary N) is 1. The molecule has 2 unspecified atom stereocenters. The van der Waals surface area contributed by atoms with Crippen molar-refractivity contribution in [1.29, 1.82) is 0 Å². The van der Waals surface area contributed by atoms with Gasteiger partial charge in [0.25, 0.3) is 0 Å². The van der Waals surface area contributed by atoms with Crippen molar-refractivity contribution in [2.45, 2.75) is 45.1 Å². The number of carboxylic acid groups (broad SMARTS) is 1. The summed E-state index contributed by atoms with van der Waals surface area (Å²) in [6.07, 6.45) is 1.31. The van der Waals surface area contributed by atoms with Crippen LogP contribution in [0.25, 0.3) is 0 Å². The van der Waals surface area contributed by atoms with Crippen molar-refractivity contribution in [2.24, 2.45) is 10.9 Å². The summed E-state index contributed by atoms with van der Waals surface area (Å²) in [6, 6.07) is 11.0. The third-order valence-corrected chi connectivity index (χ3v) is 7.03. The smallest absolute Gasteiger partial charge is 0.416 e. The Morgan fingerprint density at radius 3 is 2.35 bits per heavy atom. The average Bonchev–Trinajstić information content (AvgIpc) is 3.17. The number of benzene rings is 2. The molecule has 194 valence electrons. The summed E-state index contributed by atoms with van der Waals surface area (Å²) in [5, 5.41) is 12.1. The molecule has 0 saturated carbocycles. The summed E-state index contributed by atoms with van der Waals surface area (Å²) in [7, 11) is 0. The second-order valence-electron chi connectivity index (χ2n) is 9.41. The minimum atomic E-state index is -4.40. The Kier molecular flexibility index (Phi) is 6.99. The molecule has 2 N–H and O–H groups in total. The van der Waals surface area contributed by atoms with Crippen LogP contribution in [0.4, 0.5) is 13.2 Å². The van der Waals surface area contributed by atoms with Gasteiger partial charge in [-0.05, 0) is 68.7 Å². The predicted molar refractivity (Wildman–Crippen MR) is 134 cm³/mol. The van der Waals surface area contributed by atoms with E-state index in [1.54, 1.807) is 18.3 Å². The van der Waals surface area contributed by atoms with Gasteiger partial charge in [-0.25, -0.2) is 4.79 Å². The second kappa shape index (κ2) is 9.88. The molecule has 2 aliphatic rings. The van der Waals surface area contributed by atoms with E-state index in [-0.39, 0.29) is 23.4 Å². The van der Waals surface area contributed by atoms with E-state index < -0.39 is 23.4 Å². The number of halogens is 3. The van der Waals surface area contributed by atoms with Gasteiger partial charge in [0.15, 0.2) is 0 Å². The lowest BCUT2D eigenvalue weighted by molar-refractivity contribution is -0.137. The number of alkyl halides is 3. The lowest BCUT2D eigenvalue weighted by Gasteiger charge is -2.40. The van der Waals surface area contributed by atoms with E-state index in [1.165, 1.54) is 24.3 Å². The highest BCUT2D eigenvalue weighted by molar-refractivity contribution is 5.96. The first-order valence-electron chi connectivity index (χ1n) is 12.0. The summed E-state index contributed by atoms with van der Waals surface area (Å²) in [5.41, 5.74) is 1.59. The summed E-state index contributed by atoms with van der Waals surface area (Å²) in [4.78, 5) is 31.3. The Labute approximate surface area is 213 Å². The fourth-order valence-electron chi connectivity index (χ4n) is 5.00. The molecule has 9 heteroatoms. The van der Waals surface area contributed by atoms with Gasteiger partial charge in [0.2, 0.25) is 5.91 Å². The molecule has 0 radical (unpaired) electrons. The maximum atomic E-state index is 13.5. The van der Waals surface area contributed by atoms with Crippen molar-refractivity contribution in [1.82, 2.24) is 10.2 Å². The van der Waals surface area contributed by atoms with E-state index in [0.29, 0.717) is 24.1 Å². The van der Waals surface area contributed by atoms with Crippen LogP contribution in [0.15, 0.2) is 76.9 Å². The molecule has 2 aromatic rings. The van der Waals surface area contributed by atoms with E-state index in [1.807, 2.05) is 37.9 Å². The van der Waals surface area contributed by atoms with Gasteiger partial charge < -0.3 is 15.3 Å². The topological polar surface area (TPSA) is 82.0 Å². The number of aromatic carboxylic acids is 1. The number of carboxylic acids is 1. The predicted octanol–water partition coefficient (Wildman–Crippen LogP) is 5.39. The Morgan fingerprint density at radius 2 is 1.78 bits per heavy atom. The van der Waals surface area contributed by atoms with Gasteiger partial charge >= 0.3 is 12.1 Å². The van der Waals surface area contributed by atoms with Gasteiger partial charge in [-0.1, -0.05) is 29.8 Å². The Morgan fingerprint density at radius 1 is 1.14 bits per heavy atom. The van der Waals surface area contributed by atoms with Crippen LogP contribution in [-0.4, -0.2) is 40.3 Å². The molecule has 3 atom stereocenters. The molecule has 0 spiro atoms. The molecule has 1 amide bonds. The number of hydrogen-bond acceptors (Lipinski definition) is 4. The number of nitrogens with zero attached hydrogens (tertiary/aromatic N) is 2. The Balaban J connectivity index is 1.57. The largest absolute Gasteiger partial charge is 0.478 e. The van der Waals surface area contributed by atoms with E-state index >= 15 is 0 Å². The SMILES string of the molecule is CCN1C=C(C(=O)N[C@@H](C)c2ccc(C(=O)O)cc2)C2C(Cc3ccc(C(F)(F)F)cc3)=CC=NC21C. The summed E-state index contributed by atoms with van der Waals surface area (Å²) >= 11 is 0. The van der Waals surface area contributed by atoms with E-state index in [0.717, 1.165) is 23.3 Å². The first-order valence-corrected chi connectivity index (χ1v) is 12.0. The highest BCUT2D eigenvalue weighted by Crippen LogP contribution is 2.45. The van der Waals surface area contributed by atoms with Crippen molar-refractivity contribution in [3.63, 3.8) is 0 Å². The Hall–Kier alpha value is -3.88. The third kappa shape index (κ3) is 5.16. The van der Waals surface area contributed by atoms with Crippen LogP contribution in [0.5, 0.6) is 0 Å². The van der Waals surface area contributed by atoms with Gasteiger partial charge in [0, 0.05) is 24.5 Å². The molecule has 0 aliphatic carbocycles. The number of carbonyl (C=O) groups excluding carboxylic acids is 1. The number of amides is 1. The second-order valence-corrected chi connectivity index (χ2v) is 9.41. The quantitative estimate of drug-likeness (QED) is 0.523. The van der Waals surface area contributed by atoms with Gasteiger partial charge in [0.1, 0.15) is 5.66 Å². The van der Waals surface area contributed by atoms with Crippen molar-refractivity contribution in [2.75, 3.05) is 6.54 Å². The Bertz CT molecular complexity index is 1280. The van der Waals surface area contributed by atoms with Crippen molar-refractivity contribution >= 4 is 18.1 Å². The molecule has 2 aromatic carbocycles. The molecule has 0 fully saturated rings. The van der Waals surface area contributed by atoms with Gasteiger partial charge in [-0.15, -0.1) is 0 Å². The average molecular weight is 512 g/mol. The molecule has 2 aliphatic heterocycles. The molecule has 0 aromatic heterocycles. The number of hydrogen-bond donors (Lipinski definition) is 2. The zero-order valence-electron chi connectivity index (χ0n) is 20.7. The highest BCUT2D eigenvalue weighted by Gasteiger charge is 2.49. The summed E-state index contributed by atoms with van der Waals surface area (Å²) in [5.74, 6) is -1.69. The third-order valence-electron chi connectivity index (χ3n) is 7.03. The number of carbonyl (C=O) groups is 2. The van der Waals surface area contributed by atoms with Gasteiger partial charge in [-0.3, -0.25) is 9.79 Å². The van der Waals surface area contributed by atoms with Crippen LogP contribution in [0.3, 0.4) is 0 Å². The minimum absolute atomic E-state index is 0.160. The standard InChI is InChI=1S/C28H28F3N3O3/c1-4-34-16-23(25(35)33-17(2)19-7-9-20(10-8-19)26(36)37)24-21(13-14-32-27(24,34)3)15-18-5-11-22(12-6-18)28(29,30)31/h5-14,16-17,24H,4,15H2,1-3H3,(H,33,35)(H,36,37)/t17-,24?,27?/m0/s1. The minimum Gasteiger partial charge on any atom is -0.478 e. The molecule has 0 saturated heterocycles. The van der Waals surface area contributed by atoms with Crippen LogP contribution in [0.1, 0.15) is 53.9 Å². The number of fused-ring (bicyclic) bond motifs is 1. The zero-order chi connectivity index (χ0) is 27.0. The fraction of sp³-hybridized carbons (Fsp3) is 0.321. The number of rotatable bonds is 7. The van der Waals surface area contributed by atoms with E-state index in [2.05, 4.69) is 5.32 Å². The van der Waals surface area contributed by atoms with Gasteiger partial charge in [-0.2, -0.15) is 13.2 Å². The first kappa shape index (κ1) is 26.2. The van der Waals surface area contributed by atoms with Gasteiger partial charge in [0.05, 0.1) is 23.1 Å². The van der Waals surface area contributed by atoms with E-state index in [4.69, 9.17) is 10.1 Å². The molecular formula is C28H28F3N3O3. The highest BCUT2D eigenvalue weighted by atomic mass is 19.4. The van der Waals surface area contributed by atoms with E-state index in [9.17, 15) is 22.8 Å². The summed E-state index contributed by atoms with van der Waals surface area (Å²) in [6.45, 7) is 6.34. The monoisotopic (exact) mass is 511 g/mol. The molecule has 0 bridgehead atoms. The van der Waals surface area contributed by atoms with Crippen LogP contribution >= 0.6 is 0 Å². The normalized spacial score (nSPS) is 21.7. The molecule has 4 rings (SSSR count). The van der Waals surface area contributed by atoms with Crippen LogP contribution in [-0.2, 0) is 17.4 Å². The maximum absolute atomic E-state index is 13.5. The number of aliphatic imine (C=N–C) groups is 1. The van der Waals surface area contributed by atoms with Crippen molar-refractivity contribution in [3.05, 3.63) is 94.2 Å². The molecule has 2 heterocycles. The first-order chi connectivity index (χ1) is 17.4. The number of allylic oxidation sites excluding steroid dienone is 1. The molecular weight excluding hydrogens is 483 g/mol. The van der Waals surface area contributed by atoms with Crippen LogP contribution in [0, 0.1) is 5.92 Å². The van der Waals surface area contributed by atoms with Crippen LogP contribution < -0.4 is 5.32 Å². The van der Waals surface area contributed by atoms with Crippen molar-refractivity contribution in [3.8, 4) is 0 Å².